The second-order valence-corrected chi connectivity index (χ2v) is 7.81. The minimum Gasteiger partial charge on any atom is -0.355 e. The van der Waals surface area contributed by atoms with Crippen molar-refractivity contribution in [2.45, 2.75) is 38.3 Å². The van der Waals surface area contributed by atoms with Crippen LogP contribution in [0.15, 0.2) is 53.4 Å². The van der Waals surface area contributed by atoms with Gasteiger partial charge in [-0.25, -0.2) is 0 Å². The Labute approximate surface area is 170 Å². The van der Waals surface area contributed by atoms with Crippen molar-refractivity contribution in [3.05, 3.63) is 64.7 Å². The van der Waals surface area contributed by atoms with Crippen molar-refractivity contribution in [1.82, 2.24) is 10.2 Å². The average molecular weight is 405 g/mol. The van der Waals surface area contributed by atoms with Crippen molar-refractivity contribution in [1.29, 1.82) is 0 Å². The number of likely N-dealkylation sites (N-methyl/N-ethyl adjacent to an activating group) is 1. The maximum absolute atomic E-state index is 12.9. The minimum atomic E-state index is -0.560. The van der Waals surface area contributed by atoms with Crippen LogP contribution in [0.1, 0.15) is 25.0 Å². The van der Waals surface area contributed by atoms with Gasteiger partial charge in [-0.1, -0.05) is 41.4 Å². The van der Waals surface area contributed by atoms with Gasteiger partial charge in [0.05, 0.1) is 5.75 Å². The molecular formula is C21H25ClN2O2S. The van der Waals surface area contributed by atoms with Gasteiger partial charge in [-0.3, -0.25) is 9.59 Å². The molecule has 0 bridgehead atoms. The normalized spacial score (nSPS) is 11.7. The summed E-state index contributed by atoms with van der Waals surface area (Å²) in [6.45, 7) is 6.51. The largest absolute Gasteiger partial charge is 0.355 e. The molecule has 6 heteroatoms. The Morgan fingerprint density at radius 2 is 1.89 bits per heavy atom. The van der Waals surface area contributed by atoms with Crippen molar-refractivity contribution < 1.29 is 9.59 Å². The lowest BCUT2D eigenvalue weighted by Crippen LogP contribution is -2.48. The molecule has 0 aliphatic rings. The molecule has 0 saturated heterocycles. The summed E-state index contributed by atoms with van der Waals surface area (Å²) in [6, 6.07) is 14.8. The van der Waals surface area contributed by atoms with Crippen molar-refractivity contribution in [2.75, 3.05) is 12.3 Å². The number of halogens is 1. The van der Waals surface area contributed by atoms with Gasteiger partial charge in [0.1, 0.15) is 6.04 Å². The Kier molecular flexibility index (Phi) is 8.20. The molecule has 4 nitrogen and oxygen atoms in total. The summed E-state index contributed by atoms with van der Waals surface area (Å²) in [5.74, 6) is 0.0282. The lowest BCUT2D eigenvalue weighted by Gasteiger charge is -2.28. The van der Waals surface area contributed by atoms with E-state index < -0.39 is 6.04 Å². The van der Waals surface area contributed by atoms with Crippen LogP contribution in [0.3, 0.4) is 0 Å². The van der Waals surface area contributed by atoms with E-state index in [0.29, 0.717) is 18.1 Å². The van der Waals surface area contributed by atoms with Gasteiger partial charge in [-0.2, -0.15) is 0 Å². The molecule has 0 spiro atoms. The first-order valence-corrected chi connectivity index (χ1v) is 10.3. The molecule has 0 saturated carbocycles. The Morgan fingerprint density at radius 3 is 2.52 bits per heavy atom. The maximum Gasteiger partial charge on any atom is 0.242 e. The van der Waals surface area contributed by atoms with Crippen LogP contribution in [-0.2, 0) is 16.1 Å². The van der Waals surface area contributed by atoms with Crippen LogP contribution >= 0.6 is 23.4 Å². The van der Waals surface area contributed by atoms with Crippen molar-refractivity contribution in [2.24, 2.45) is 0 Å². The SMILES string of the molecule is CCNC(=O)[C@H](C)N(Cc1cccc(Cl)c1)C(=O)CSc1ccc(C)cc1. The summed E-state index contributed by atoms with van der Waals surface area (Å²) < 4.78 is 0. The van der Waals surface area contributed by atoms with E-state index in [9.17, 15) is 9.59 Å². The highest BCUT2D eigenvalue weighted by atomic mass is 35.5. The van der Waals surface area contributed by atoms with E-state index in [1.165, 1.54) is 17.3 Å². The monoisotopic (exact) mass is 404 g/mol. The van der Waals surface area contributed by atoms with Crippen LogP contribution in [0.2, 0.25) is 5.02 Å². The zero-order valence-electron chi connectivity index (χ0n) is 15.9. The van der Waals surface area contributed by atoms with Crippen molar-refractivity contribution in [3.8, 4) is 0 Å². The number of aryl methyl sites for hydroxylation is 1. The first-order chi connectivity index (χ1) is 12.9. The second-order valence-electron chi connectivity index (χ2n) is 6.32. The van der Waals surface area contributed by atoms with Gasteiger partial charge in [0.2, 0.25) is 11.8 Å². The quantitative estimate of drug-likeness (QED) is 0.667. The molecule has 0 aromatic heterocycles. The van der Waals surface area contributed by atoms with Gasteiger partial charge in [-0.05, 0) is 50.6 Å². The fraction of sp³-hybridized carbons (Fsp3) is 0.333. The van der Waals surface area contributed by atoms with Crippen LogP contribution in [0.25, 0.3) is 0 Å². The van der Waals surface area contributed by atoms with Crippen molar-refractivity contribution >= 4 is 35.2 Å². The van der Waals surface area contributed by atoms with Gasteiger partial charge in [0.25, 0.3) is 0 Å². The van der Waals surface area contributed by atoms with E-state index in [2.05, 4.69) is 5.32 Å². The van der Waals surface area contributed by atoms with Gasteiger partial charge in [-0.15, -0.1) is 11.8 Å². The van der Waals surface area contributed by atoms with Crippen LogP contribution in [0, 0.1) is 6.92 Å². The molecule has 0 aliphatic heterocycles. The summed E-state index contributed by atoms with van der Waals surface area (Å²) >= 11 is 7.54. The molecule has 144 valence electrons. The molecule has 0 fully saturated rings. The molecule has 0 heterocycles. The number of benzene rings is 2. The summed E-state index contributed by atoms with van der Waals surface area (Å²) in [5, 5.41) is 3.40. The number of rotatable bonds is 8. The van der Waals surface area contributed by atoms with E-state index >= 15 is 0 Å². The highest BCUT2D eigenvalue weighted by Gasteiger charge is 2.25. The predicted octanol–water partition coefficient (Wildman–Crippen LogP) is 4.29. The zero-order chi connectivity index (χ0) is 19.8. The number of carbonyl (C=O) groups is 2. The first kappa shape index (κ1) is 21.3. The molecule has 0 aliphatic carbocycles. The fourth-order valence-electron chi connectivity index (χ4n) is 2.60. The number of hydrogen-bond donors (Lipinski definition) is 1. The maximum atomic E-state index is 12.9. The molecule has 2 aromatic rings. The molecule has 2 rings (SSSR count). The molecule has 0 radical (unpaired) electrons. The predicted molar refractivity (Wildman–Crippen MR) is 112 cm³/mol. The second kappa shape index (κ2) is 10.4. The third-order valence-electron chi connectivity index (χ3n) is 4.14. The Balaban J connectivity index is 2.12. The third kappa shape index (κ3) is 6.60. The topological polar surface area (TPSA) is 49.4 Å². The molecule has 1 atom stereocenters. The Hall–Kier alpha value is -1.98. The Morgan fingerprint density at radius 1 is 1.19 bits per heavy atom. The fourth-order valence-corrected chi connectivity index (χ4v) is 3.60. The highest BCUT2D eigenvalue weighted by Crippen LogP contribution is 2.21. The zero-order valence-corrected chi connectivity index (χ0v) is 17.4. The summed E-state index contributed by atoms with van der Waals surface area (Å²) in [4.78, 5) is 27.9. The van der Waals surface area contributed by atoms with E-state index in [1.807, 2.05) is 56.3 Å². The van der Waals surface area contributed by atoms with Crippen LogP contribution in [-0.4, -0.2) is 35.1 Å². The first-order valence-electron chi connectivity index (χ1n) is 8.91. The summed E-state index contributed by atoms with van der Waals surface area (Å²) in [6.07, 6.45) is 0. The number of nitrogens with one attached hydrogen (secondary N) is 1. The van der Waals surface area contributed by atoms with Gasteiger partial charge in [0.15, 0.2) is 0 Å². The molecular weight excluding hydrogens is 380 g/mol. The average Bonchev–Trinajstić information content (AvgIpc) is 2.65. The lowest BCUT2D eigenvalue weighted by molar-refractivity contribution is -0.138. The van der Waals surface area contributed by atoms with Gasteiger partial charge >= 0.3 is 0 Å². The molecule has 2 aromatic carbocycles. The molecule has 2 amide bonds. The molecule has 0 unspecified atom stereocenters. The van der Waals surface area contributed by atoms with E-state index in [4.69, 9.17) is 11.6 Å². The third-order valence-corrected chi connectivity index (χ3v) is 5.38. The van der Waals surface area contributed by atoms with Crippen LogP contribution < -0.4 is 5.32 Å². The van der Waals surface area contributed by atoms with E-state index in [-0.39, 0.29) is 17.6 Å². The van der Waals surface area contributed by atoms with Crippen LogP contribution in [0.4, 0.5) is 0 Å². The molecule has 1 N–H and O–H groups in total. The van der Waals surface area contributed by atoms with Crippen LogP contribution in [0.5, 0.6) is 0 Å². The smallest absolute Gasteiger partial charge is 0.242 e. The highest BCUT2D eigenvalue weighted by molar-refractivity contribution is 8.00. The number of nitrogens with zero attached hydrogens (tertiary/aromatic N) is 1. The summed E-state index contributed by atoms with van der Waals surface area (Å²) in [7, 11) is 0. The minimum absolute atomic E-state index is 0.0840. The number of thioether (sulfide) groups is 1. The standard InChI is InChI=1S/C21H25ClN2O2S/c1-4-23-21(26)16(3)24(13-17-6-5-7-18(22)12-17)20(25)14-27-19-10-8-15(2)9-11-19/h5-12,16H,4,13-14H2,1-3H3,(H,23,26)/t16-/m0/s1. The lowest BCUT2D eigenvalue weighted by atomic mass is 10.1. The number of hydrogen-bond acceptors (Lipinski definition) is 3. The number of carbonyl (C=O) groups excluding carboxylic acids is 2. The summed E-state index contributed by atoms with van der Waals surface area (Å²) in [5.41, 5.74) is 2.07. The van der Waals surface area contributed by atoms with E-state index in [0.717, 1.165) is 10.5 Å². The van der Waals surface area contributed by atoms with Gasteiger partial charge < -0.3 is 10.2 Å². The Bertz CT molecular complexity index is 780. The van der Waals surface area contributed by atoms with Gasteiger partial charge in [0, 0.05) is 23.0 Å². The van der Waals surface area contributed by atoms with Crippen molar-refractivity contribution in [3.63, 3.8) is 0 Å². The van der Waals surface area contributed by atoms with E-state index in [1.54, 1.807) is 17.9 Å². The molecule has 27 heavy (non-hydrogen) atoms. The number of amides is 2.